The zero-order valence-electron chi connectivity index (χ0n) is 9.69. The average Bonchev–Trinajstić information content (AvgIpc) is 2.70. The second kappa shape index (κ2) is 5.04. The van der Waals surface area contributed by atoms with E-state index in [4.69, 9.17) is 4.74 Å². The van der Waals surface area contributed by atoms with E-state index in [9.17, 15) is 0 Å². The molecule has 0 saturated carbocycles. The van der Waals surface area contributed by atoms with Crippen molar-refractivity contribution in [1.82, 2.24) is 4.98 Å². The van der Waals surface area contributed by atoms with Crippen molar-refractivity contribution >= 4 is 21.7 Å². The highest BCUT2D eigenvalue weighted by molar-refractivity contribution is 9.09. The van der Waals surface area contributed by atoms with Gasteiger partial charge in [0.25, 0.3) is 0 Å². The molecule has 0 N–H and O–H groups in total. The van der Waals surface area contributed by atoms with Crippen molar-refractivity contribution in [2.24, 2.45) is 5.92 Å². The summed E-state index contributed by atoms with van der Waals surface area (Å²) in [4.78, 5) is 6.82. The number of methoxy groups -OCH3 is 1. The van der Waals surface area contributed by atoms with Crippen molar-refractivity contribution in [2.45, 2.75) is 19.4 Å². The van der Waals surface area contributed by atoms with Crippen LogP contribution in [0.3, 0.4) is 0 Å². The smallest absolute Gasteiger partial charge is 0.137 e. The molecule has 2 rings (SSSR count). The summed E-state index contributed by atoms with van der Waals surface area (Å²) in [6, 6.07) is 4.56. The van der Waals surface area contributed by atoms with Gasteiger partial charge in [0.1, 0.15) is 11.6 Å². The molecule has 1 aliphatic rings. The van der Waals surface area contributed by atoms with Crippen LogP contribution in [0.1, 0.15) is 13.3 Å². The quantitative estimate of drug-likeness (QED) is 0.798. The molecule has 0 aliphatic carbocycles. The monoisotopic (exact) mass is 284 g/mol. The minimum Gasteiger partial charge on any atom is -0.495 e. The first-order valence-corrected chi connectivity index (χ1v) is 6.71. The van der Waals surface area contributed by atoms with Gasteiger partial charge in [-0.15, -0.1) is 0 Å². The van der Waals surface area contributed by atoms with Gasteiger partial charge in [-0.3, -0.25) is 0 Å². The summed E-state index contributed by atoms with van der Waals surface area (Å²) in [6.07, 6.45) is 3.02. The van der Waals surface area contributed by atoms with Crippen LogP contribution in [-0.4, -0.2) is 30.0 Å². The van der Waals surface area contributed by atoms with Gasteiger partial charge in [0.2, 0.25) is 0 Å². The van der Waals surface area contributed by atoms with Gasteiger partial charge in [-0.1, -0.05) is 22.9 Å². The minimum absolute atomic E-state index is 0.556. The third-order valence-electron chi connectivity index (χ3n) is 3.29. The van der Waals surface area contributed by atoms with Gasteiger partial charge in [0.05, 0.1) is 13.3 Å². The number of aromatic nitrogens is 1. The highest BCUT2D eigenvalue weighted by Crippen LogP contribution is 2.29. The lowest BCUT2D eigenvalue weighted by Crippen LogP contribution is -2.33. The highest BCUT2D eigenvalue weighted by Gasteiger charge is 2.30. The van der Waals surface area contributed by atoms with Gasteiger partial charge < -0.3 is 9.64 Å². The molecule has 1 aliphatic heterocycles. The molecule has 0 bridgehead atoms. The maximum absolute atomic E-state index is 5.12. The first-order valence-electron chi connectivity index (χ1n) is 5.59. The SMILES string of the molecule is COc1ccc(N2CCC(C)C2CBr)nc1. The molecule has 1 aromatic heterocycles. The number of hydrogen-bond donors (Lipinski definition) is 0. The molecule has 0 radical (unpaired) electrons. The van der Waals surface area contributed by atoms with Crippen molar-refractivity contribution in [3.63, 3.8) is 0 Å². The van der Waals surface area contributed by atoms with Crippen LogP contribution >= 0.6 is 15.9 Å². The average molecular weight is 285 g/mol. The fourth-order valence-corrected chi connectivity index (χ4v) is 3.18. The molecule has 0 spiro atoms. The van der Waals surface area contributed by atoms with Gasteiger partial charge in [0.15, 0.2) is 0 Å². The van der Waals surface area contributed by atoms with E-state index >= 15 is 0 Å². The number of anilines is 1. The van der Waals surface area contributed by atoms with Gasteiger partial charge >= 0.3 is 0 Å². The van der Waals surface area contributed by atoms with Crippen molar-refractivity contribution in [3.05, 3.63) is 18.3 Å². The number of alkyl halides is 1. The van der Waals surface area contributed by atoms with Crippen molar-refractivity contribution in [3.8, 4) is 5.75 Å². The maximum atomic E-state index is 5.12. The van der Waals surface area contributed by atoms with Gasteiger partial charge in [-0.25, -0.2) is 4.98 Å². The molecule has 4 heteroatoms. The summed E-state index contributed by atoms with van der Waals surface area (Å²) in [5, 5.41) is 1.00. The number of pyridine rings is 1. The molecular formula is C12H17BrN2O. The minimum atomic E-state index is 0.556. The summed E-state index contributed by atoms with van der Waals surface area (Å²) < 4.78 is 5.12. The number of hydrogen-bond acceptors (Lipinski definition) is 3. The van der Waals surface area contributed by atoms with Gasteiger partial charge in [-0.2, -0.15) is 0 Å². The van der Waals surface area contributed by atoms with Crippen LogP contribution in [0, 0.1) is 5.92 Å². The number of halogens is 1. The summed E-state index contributed by atoms with van der Waals surface area (Å²) in [5.74, 6) is 2.59. The first kappa shape index (κ1) is 11.7. The van der Waals surface area contributed by atoms with Crippen LogP contribution in [0.25, 0.3) is 0 Å². The predicted octanol–water partition coefficient (Wildman–Crippen LogP) is 2.70. The lowest BCUT2D eigenvalue weighted by molar-refractivity contribution is 0.413. The summed E-state index contributed by atoms with van der Waals surface area (Å²) in [5.41, 5.74) is 0. The van der Waals surface area contributed by atoms with E-state index in [0.29, 0.717) is 6.04 Å². The summed E-state index contributed by atoms with van der Waals surface area (Å²) in [6.45, 7) is 3.40. The van der Waals surface area contributed by atoms with Crippen LogP contribution < -0.4 is 9.64 Å². The molecule has 88 valence electrons. The second-order valence-corrected chi connectivity index (χ2v) is 4.88. The molecule has 1 fully saturated rings. The Morgan fingerprint density at radius 2 is 2.38 bits per heavy atom. The van der Waals surface area contributed by atoms with Crippen LogP contribution in [0.4, 0.5) is 5.82 Å². The Bertz CT molecular complexity index is 341. The van der Waals surface area contributed by atoms with Crippen LogP contribution in [0.5, 0.6) is 5.75 Å². The normalized spacial score (nSPS) is 24.8. The number of nitrogens with zero attached hydrogens (tertiary/aromatic N) is 2. The maximum Gasteiger partial charge on any atom is 0.137 e. The van der Waals surface area contributed by atoms with E-state index in [1.165, 1.54) is 6.42 Å². The van der Waals surface area contributed by atoms with Crippen molar-refractivity contribution in [2.75, 3.05) is 23.9 Å². The molecule has 0 aromatic carbocycles. The Morgan fingerprint density at radius 3 is 2.94 bits per heavy atom. The van der Waals surface area contributed by atoms with E-state index < -0.39 is 0 Å². The zero-order chi connectivity index (χ0) is 11.5. The summed E-state index contributed by atoms with van der Waals surface area (Å²) >= 11 is 3.59. The summed E-state index contributed by atoms with van der Waals surface area (Å²) in [7, 11) is 1.66. The number of rotatable bonds is 3. The molecule has 16 heavy (non-hydrogen) atoms. The fraction of sp³-hybridized carbons (Fsp3) is 0.583. The van der Waals surface area contributed by atoms with Crippen molar-refractivity contribution in [1.29, 1.82) is 0 Å². The van der Waals surface area contributed by atoms with E-state index in [-0.39, 0.29) is 0 Å². The molecule has 1 saturated heterocycles. The van der Waals surface area contributed by atoms with E-state index in [1.54, 1.807) is 13.3 Å². The molecule has 2 heterocycles. The lowest BCUT2D eigenvalue weighted by atomic mass is 10.1. The number of ether oxygens (including phenoxy) is 1. The van der Waals surface area contributed by atoms with Crippen LogP contribution in [0.2, 0.25) is 0 Å². The van der Waals surface area contributed by atoms with E-state index in [0.717, 1.165) is 29.4 Å². The largest absolute Gasteiger partial charge is 0.495 e. The van der Waals surface area contributed by atoms with Crippen molar-refractivity contribution < 1.29 is 4.74 Å². The predicted molar refractivity (Wildman–Crippen MR) is 69.5 cm³/mol. The zero-order valence-corrected chi connectivity index (χ0v) is 11.3. The Balaban J connectivity index is 2.17. The van der Waals surface area contributed by atoms with Gasteiger partial charge in [0, 0.05) is 17.9 Å². The van der Waals surface area contributed by atoms with E-state index in [2.05, 4.69) is 32.7 Å². The van der Waals surface area contributed by atoms with Crippen LogP contribution in [-0.2, 0) is 0 Å². The third-order valence-corrected chi connectivity index (χ3v) is 3.95. The second-order valence-electron chi connectivity index (χ2n) is 4.24. The lowest BCUT2D eigenvalue weighted by Gasteiger charge is -2.26. The Kier molecular flexibility index (Phi) is 3.69. The van der Waals surface area contributed by atoms with Crippen LogP contribution in [0.15, 0.2) is 18.3 Å². The topological polar surface area (TPSA) is 25.4 Å². The Hall–Kier alpha value is -0.770. The Morgan fingerprint density at radius 1 is 1.56 bits per heavy atom. The first-order chi connectivity index (χ1) is 7.76. The molecular weight excluding hydrogens is 268 g/mol. The molecule has 2 atom stereocenters. The van der Waals surface area contributed by atoms with Gasteiger partial charge in [-0.05, 0) is 24.5 Å². The molecule has 0 amide bonds. The van der Waals surface area contributed by atoms with E-state index in [1.807, 2.05) is 12.1 Å². The molecule has 1 aromatic rings. The Labute approximate surface area is 105 Å². The molecule has 3 nitrogen and oxygen atoms in total. The molecule has 2 unspecified atom stereocenters. The standard InChI is InChI=1S/C12H17BrN2O/c1-9-5-6-15(11(9)7-13)12-4-3-10(16-2)8-14-12/h3-4,8-9,11H,5-7H2,1-2H3. The fourth-order valence-electron chi connectivity index (χ4n) is 2.19. The third kappa shape index (κ3) is 2.17. The highest BCUT2D eigenvalue weighted by atomic mass is 79.9.